The second-order valence-corrected chi connectivity index (χ2v) is 8.76. The van der Waals surface area contributed by atoms with Crippen molar-refractivity contribution in [3.63, 3.8) is 0 Å². The lowest BCUT2D eigenvalue weighted by Crippen LogP contribution is -2.60. The monoisotopic (exact) mass is 593 g/mol. The molecule has 1 heterocycles. The van der Waals surface area contributed by atoms with Crippen LogP contribution in [0.25, 0.3) is 5.69 Å². The number of carbonyl (C=O) groups is 2. The maximum atomic E-state index is 14.0. The van der Waals surface area contributed by atoms with Gasteiger partial charge in [-0.1, -0.05) is 17.7 Å². The number of alkyl halides is 5. The van der Waals surface area contributed by atoms with E-state index < -0.39 is 67.0 Å². The van der Waals surface area contributed by atoms with E-state index in [4.69, 9.17) is 17.3 Å². The topological polar surface area (TPSA) is 123 Å². The molecule has 3 rings (SSSR count). The van der Waals surface area contributed by atoms with Gasteiger partial charge in [0.05, 0.1) is 30.0 Å². The van der Waals surface area contributed by atoms with Crippen molar-refractivity contribution in [3.05, 3.63) is 70.6 Å². The second-order valence-electron chi connectivity index (χ2n) is 8.35. The van der Waals surface area contributed by atoms with Crippen LogP contribution in [0.4, 0.5) is 32.2 Å². The summed E-state index contributed by atoms with van der Waals surface area (Å²) >= 11 is 5.96. The van der Waals surface area contributed by atoms with Gasteiger partial charge in [0, 0.05) is 6.54 Å². The van der Waals surface area contributed by atoms with Crippen molar-refractivity contribution in [3.8, 4) is 11.4 Å². The maximum Gasteiger partial charge on any atom is 0.420 e. The maximum absolute atomic E-state index is 14.0. The quantitative estimate of drug-likeness (QED) is 0.305. The fraction of sp³-hybridized carbons (Fsp3) is 0.292. The lowest BCUT2D eigenvalue weighted by atomic mass is 10.0. The molecule has 1 unspecified atom stereocenters. The van der Waals surface area contributed by atoms with Crippen LogP contribution in [-0.4, -0.2) is 69.6 Å². The molecule has 3 aromatic rings. The highest BCUT2D eigenvalue weighted by Crippen LogP contribution is 2.34. The van der Waals surface area contributed by atoms with Crippen molar-refractivity contribution < 1.29 is 45.8 Å². The van der Waals surface area contributed by atoms with Gasteiger partial charge in [-0.15, -0.1) is 0 Å². The van der Waals surface area contributed by atoms with E-state index in [2.05, 4.69) is 9.84 Å². The molecule has 0 fully saturated rings. The molecule has 0 aliphatic rings. The van der Waals surface area contributed by atoms with Gasteiger partial charge in [-0.3, -0.25) is 9.59 Å². The largest absolute Gasteiger partial charge is 0.434 e. The molecule has 9 nitrogen and oxygen atoms in total. The number of hydrogen-bond donors (Lipinski definition) is 3. The zero-order valence-corrected chi connectivity index (χ0v) is 21.3. The number of benzene rings is 2. The third kappa shape index (κ3) is 6.59. The molecular formula is C24H22ClF6N5O4. The number of ether oxygens (including phenoxy) is 1. The Bertz CT molecular complexity index is 1370. The van der Waals surface area contributed by atoms with Crippen LogP contribution in [0.3, 0.4) is 0 Å². The molecule has 0 radical (unpaired) electrons. The first-order chi connectivity index (χ1) is 18.7. The summed E-state index contributed by atoms with van der Waals surface area (Å²) in [5.41, 5.74) is 1.48. The minimum atomic E-state index is -5.37. The molecule has 16 heteroatoms. The molecule has 1 aromatic heterocycles. The Morgan fingerprint density at radius 3 is 2.42 bits per heavy atom. The van der Waals surface area contributed by atoms with Crippen LogP contribution in [0.1, 0.15) is 27.6 Å². The van der Waals surface area contributed by atoms with Crippen LogP contribution in [0.2, 0.25) is 5.02 Å². The van der Waals surface area contributed by atoms with Crippen molar-refractivity contribution >= 4 is 29.2 Å². The molecule has 0 bridgehead atoms. The van der Waals surface area contributed by atoms with Crippen molar-refractivity contribution in [2.45, 2.75) is 25.3 Å². The Labute approximate surface area is 228 Å². The number of nitrogens with two attached hydrogens (primary N) is 1. The number of nitrogens with one attached hydrogen (secondary N) is 1. The third-order valence-corrected chi connectivity index (χ3v) is 6.03. The van der Waals surface area contributed by atoms with Crippen molar-refractivity contribution in [2.75, 3.05) is 25.4 Å². The number of amides is 2. The van der Waals surface area contributed by atoms with Crippen molar-refractivity contribution in [1.82, 2.24) is 20.0 Å². The fourth-order valence-corrected chi connectivity index (χ4v) is 3.84. The van der Waals surface area contributed by atoms with Gasteiger partial charge in [0.15, 0.2) is 5.60 Å². The zero-order valence-electron chi connectivity index (χ0n) is 20.6. The van der Waals surface area contributed by atoms with Gasteiger partial charge in [0.25, 0.3) is 11.8 Å². The van der Waals surface area contributed by atoms with Gasteiger partial charge >= 0.3 is 12.8 Å². The predicted octanol–water partition coefficient (Wildman–Crippen LogP) is 4.03. The molecule has 0 aliphatic heterocycles. The Hall–Kier alpha value is -3.98. The summed E-state index contributed by atoms with van der Waals surface area (Å²) in [6.07, 6.45) is -4.41. The average Bonchev–Trinajstić information content (AvgIpc) is 3.26. The number of rotatable bonds is 10. The van der Waals surface area contributed by atoms with Crippen LogP contribution in [0.15, 0.2) is 48.7 Å². The van der Waals surface area contributed by atoms with E-state index in [0.29, 0.717) is 4.90 Å². The number of anilines is 1. The first-order valence-corrected chi connectivity index (χ1v) is 11.8. The first kappa shape index (κ1) is 30.6. The van der Waals surface area contributed by atoms with Gasteiger partial charge < -0.3 is 25.8 Å². The van der Waals surface area contributed by atoms with Crippen LogP contribution in [0, 0.1) is 5.82 Å². The predicted molar refractivity (Wildman–Crippen MR) is 131 cm³/mol. The molecule has 0 saturated carbocycles. The summed E-state index contributed by atoms with van der Waals surface area (Å²) in [4.78, 5) is 26.3. The lowest BCUT2D eigenvalue weighted by Gasteiger charge is -2.35. The van der Waals surface area contributed by atoms with Gasteiger partial charge in [-0.25, -0.2) is 9.07 Å². The summed E-state index contributed by atoms with van der Waals surface area (Å²) in [5, 5.41) is 16.0. The molecule has 2 aromatic carbocycles. The normalized spacial score (nSPS) is 13.2. The number of likely N-dealkylation sites (N-methyl/N-ethyl adjacent to an activating group) is 1. The number of aromatic nitrogens is 2. The van der Waals surface area contributed by atoms with E-state index in [0.717, 1.165) is 35.1 Å². The first-order valence-electron chi connectivity index (χ1n) is 11.4. The highest BCUT2D eigenvalue weighted by Gasteiger charge is 2.55. The fourth-order valence-electron chi connectivity index (χ4n) is 3.60. The second kappa shape index (κ2) is 12.0. The van der Waals surface area contributed by atoms with E-state index in [1.54, 1.807) is 0 Å². The Morgan fingerprint density at radius 1 is 1.20 bits per heavy atom. The molecule has 0 spiro atoms. The SMILES string of the molecule is CCN(CC(O)(CNC(=O)c1cnn(-c2ccc(F)cc2)c1N)C(F)(F)F)C(=O)c1c(Cl)cccc1OC(F)F. The van der Waals surface area contributed by atoms with E-state index in [1.165, 1.54) is 25.1 Å². The molecule has 216 valence electrons. The minimum absolute atomic E-state index is 0.261. The highest BCUT2D eigenvalue weighted by atomic mass is 35.5. The van der Waals surface area contributed by atoms with E-state index in [1.807, 2.05) is 5.32 Å². The smallest absolute Gasteiger partial charge is 0.420 e. The van der Waals surface area contributed by atoms with Gasteiger partial charge in [0.2, 0.25) is 0 Å². The van der Waals surface area contributed by atoms with E-state index >= 15 is 0 Å². The molecule has 40 heavy (non-hydrogen) atoms. The van der Waals surface area contributed by atoms with Crippen LogP contribution >= 0.6 is 11.6 Å². The zero-order chi connectivity index (χ0) is 29.8. The standard InChI is InChI=1S/C24H22ClF6N5O4/c1-2-35(21(38)18-16(25)4-3-5-17(18)40-22(27)28)12-23(39,24(29,30)31)11-33-20(37)15-10-34-36(19(15)32)14-8-6-13(26)7-9-14/h3-10,22,39H,2,11-12,32H2,1H3,(H,33,37). The lowest BCUT2D eigenvalue weighted by molar-refractivity contribution is -0.259. The van der Waals surface area contributed by atoms with Gasteiger partial charge in [-0.05, 0) is 43.3 Å². The molecular weight excluding hydrogens is 572 g/mol. The molecule has 0 aliphatic carbocycles. The third-order valence-electron chi connectivity index (χ3n) is 5.72. The minimum Gasteiger partial charge on any atom is -0.434 e. The Morgan fingerprint density at radius 2 is 1.85 bits per heavy atom. The number of nitrogens with zero attached hydrogens (tertiary/aromatic N) is 3. The van der Waals surface area contributed by atoms with Crippen LogP contribution in [-0.2, 0) is 0 Å². The molecule has 0 saturated heterocycles. The van der Waals surface area contributed by atoms with Gasteiger partial charge in [-0.2, -0.15) is 27.1 Å². The van der Waals surface area contributed by atoms with Crippen molar-refractivity contribution in [1.29, 1.82) is 0 Å². The number of hydrogen-bond acceptors (Lipinski definition) is 6. The summed E-state index contributed by atoms with van der Waals surface area (Å²) in [6.45, 7) is -5.33. The summed E-state index contributed by atoms with van der Waals surface area (Å²) in [6, 6.07) is 8.13. The average molecular weight is 594 g/mol. The molecule has 1 atom stereocenters. The van der Waals surface area contributed by atoms with E-state index in [-0.39, 0.29) is 22.1 Å². The summed E-state index contributed by atoms with van der Waals surface area (Å²) < 4.78 is 86.2. The van der Waals surface area contributed by atoms with Gasteiger partial charge in [0.1, 0.15) is 28.5 Å². The van der Waals surface area contributed by atoms with Crippen LogP contribution in [0.5, 0.6) is 5.75 Å². The van der Waals surface area contributed by atoms with Crippen LogP contribution < -0.4 is 15.8 Å². The van der Waals surface area contributed by atoms with E-state index in [9.17, 15) is 41.0 Å². The number of carbonyl (C=O) groups excluding carboxylic acids is 2. The highest BCUT2D eigenvalue weighted by molar-refractivity contribution is 6.34. The summed E-state index contributed by atoms with van der Waals surface area (Å²) in [5.74, 6) is -3.88. The molecule has 4 N–H and O–H groups in total. The number of halogens is 7. The van der Waals surface area contributed by atoms with Crippen molar-refractivity contribution in [2.24, 2.45) is 0 Å². The Kier molecular flexibility index (Phi) is 9.20. The molecule has 2 amide bonds. The number of nitrogen functional groups attached to an aromatic ring is 1. The Balaban J connectivity index is 1.83. The summed E-state index contributed by atoms with van der Waals surface area (Å²) in [7, 11) is 0. The number of aliphatic hydroxyl groups is 1.